The Bertz CT molecular complexity index is 594. The number of nitrogens with two attached hydrogens (primary N) is 2. The molecule has 0 aliphatic carbocycles. The molecule has 0 aliphatic heterocycles. The van der Waals surface area contributed by atoms with Crippen LogP contribution < -0.4 is 11.5 Å². The maximum Gasteiger partial charge on any atom is 0.323 e. The fraction of sp³-hybridized carbons (Fsp3) is 0.724. The summed E-state index contributed by atoms with van der Waals surface area (Å²) in [4.78, 5) is 21.5. The third kappa shape index (κ3) is 23.6. The maximum absolute atomic E-state index is 11.2. The lowest BCUT2D eigenvalue weighted by atomic mass is 10.0. The molecule has 0 saturated carbocycles. The summed E-state index contributed by atoms with van der Waals surface area (Å²) < 4.78 is 4.86. The van der Waals surface area contributed by atoms with Gasteiger partial charge in [0.05, 0.1) is 6.42 Å². The van der Waals surface area contributed by atoms with Crippen molar-refractivity contribution in [2.75, 3.05) is 6.54 Å². The molecule has 6 heteroatoms. The minimum Gasteiger partial charge on any atom is -0.481 e. The van der Waals surface area contributed by atoms with E-state index in [1.807, 2.05) is 18.2 Å². The number of carbonyl (C=O) groups is 2. The Labute approximate surface area is 214 Å². The summed E-state index contributed by atoms with van der Waals surface area (Å²) in [7, 11) is 0. The lowest BCUT2D eigenvalue weighted by Gasteiger charge is -2.09. The van der Waals surface area contributed by atoms with Crippen molar-refractivity contribution in [2.45, 2.75) is 129 Å². The molecule has 202 valence electrons. The Morgan fingerprint density at radius 2 is 1.20 bits per heavy atom. The minimum absolute atomic E-state index is 0.104. The van der Waals surface area contributed by atoms with Gasteiger partial charge in [-0.2, -0.15) is 0 Å². The molecule has 0 aliphatic rings. The fourth-order valence-corrected chi connectivity index (χ4v) is 3.80. The summed E-state index contributed by atoms with van der Waals surface area (Å²) in [6, 6.07) is 7.98. The van der Waals surface area contributed by atoms with Crippen LogP contribution in [-0.2, 0) is 20.9 Å². The highest BCUT2D eigenvalue weighted by Gasteiger charge is 2.18. The zero-order valence-corrected chi connectivity index (χ0v) is 22.2. The molecule has 0 fully saturated rings. The van der Waals surface area contributed by atoms with Gasteiger partial charge in [-0.3, -0.25) is 9.59 Å². The molecule has 0 aromatic heterocycles. The normalized spacial score (nSPS) is 11.4. The van der Waals surface area contributed by atoms with Gasteiger partial charge in [0.1, 0.15) is 12.6 Å². The van der Waals surface area contributed by atoms with Crippen LogP contribution >= 0.6 is 0 Å². The average Bonchev–Trinajstić information content (AvgIpc) is 2.85. The van der Waals surface area contributed by atoms with Crippen molar-refractivity contribution in [1.82, 2.24) is 0 Å². The van der Waals surface area contributed by atoms with Crippen molar-refractivity contribution in [3.05, 3.63) is 35.9 Å². The van der Waals surface area contributed by atoms with Gasteiger partial charge in [0.15, 0.2) is 0 Å². The van der Waals surface area contributed by atoms with E-state index in [2.05, 4.69) is 6.92 Å². The number of unbranched alkanes of at least 4 members (excludes halogenated alkanes) is 15. The van der Waals surface area contributed by atoms with Gasteiger partial charge < -0.3 is 21.3 Å². The van der Waals surface area contributed by atoms with E-state index in [4.69, 9.17) is 21.3 Å². The van der Waals surface area contributed by atoms with Crippen LogP contribution in [0.25, 0.3) is 0 Å². The highest BCUT2D eigenvalue weighted by atomic mass is 16.5. The molecule has 0 amide bonds. The fourth-order valence-electron chi connectivity index (χ4n) is 3.80. The maximum atomic E-state index is 11.2. The van der Waals surface area contributed by atoms with Crippen molar-refractivity contribution < 1.29 is 19.4 Å². The molecule has 1 aromatic rings. The Morgan fingerprint density at radius 1 is 0.771 bits per heavy atom. The molecule has 5 N–H and O–H groups in total. The summed E-state index contributed by atoms with van der Waals surface area (Å²) in [6.07, 6.45) is 22.4. The molecule has 0 bridgehead atoms. The van der Waals surface area contributed by atoms with E-state index in [0.717, 1.165) is 12.1 Å². The number of carbonyl (C=O) groups excluding carboxylic acids is 1. The lowest BCUT2D eigenvalue weighted by molar-refractivity contribution is -0.150. The molecule has 1 aromatic carbocycles. The number of aliphatic carboxylic acids is 1. The Morgan fingerprint density at radius 3 is 1.60 bits per heavy atom. The molecule has 0 saturated heterocycles. The third-order valence-corrected chi connectivity index (χ3v) is 5.98. The van der Waals surface area contributed by atoms with Gasteiger partial charge >= 0.3 is 11.9 Å². The predicted octanol–water partition coefficient (Wildman–Crippen LogP) is 6.74. The van der Waals surface area contributed by atoms with Crippen LogP contribution in [0.15, 0.2) is 30.3 Å². The molecule has 0 spiro atoms. The van der Waals surface area contributed by atoms with E-state index in [-0.39, 0.29) is 6.61 Å². The average molecular weight is 493 g/mol. The van der Waals surface area contributed by atoms with Crippen LogP contribution in [0, 0.1) is 0 Å². The van der Waals surface area contributed by atoms with Crippen LogP contribution in [-0.4, -0.2) is 29.6 Å². The number of hydrogen-bond acceptors (Lipinski definition) is 5. The Balaban J connectivity index is 0.000000669. The number of ether oxygens (including phenoxy) is 1. The van der Waals surface area contributed by atoms with E-state index >= 15 is 0 Å². The number of carboxylic acids is 1. The van der Waals surface area contributed by atoms with Gasteiger partial charge in [-0.05, 0) is 18.5 Å². The number of rotatable bonds is 21. The zero-order valence-electron chi connectivity index (χ0n) is 22.2. The van der Waals surface area contributed by atoms with Crippen LogP contribution in [0.3, 0.4) is 0 Å². The van der Waals surface area contributed by atoms with Gasteiger partial charge in [-0.15, -0.1) is 0 Å². The van der Waals surface area contributed by atoms with E-state index in [0.29, 0.717) is 0 Å². The topological polar surface area (TPSA) is 116 Å². The van der Waals surface area contributed by atoms with Crippen molar-refractivity contribution >= 4 is 11.9 Å². The molecular weight excluding hydrogens is 440 g/mol. The first kappa shape index (κ1) is 33.1. The third-order valence-electron chi connectivity index (χ3n) is 5.98. The lowest BCUT2D eigenvalue weighted by Crippen LogP contribution is -2.34. The smallest absolute Gasteiger partial charge is 0.323 e. The van der Waals surface area contributed by atoms with E-state index in [1.54, 1.807) is 12.1 Å². The van der Waals surface area contributed by atoms with Gasteiger partial charge in [0.25, 0.3) is 0 Å². The number of carboxylic acid groups (broad SMARTS) is 1. The predicted molar refractivity (Wildman–Crippen MR) is 145 cm³/mol. The molecule has 1 atom stereocenters. The Kier molecular flexibility index (Phi) is 23.8. The molecular formula is C29H52N2O4. The van der Waals surface area contributed by atoms with Crippen molar-refractivity contribution in [3.8, 4) is 0 Å². The van der Waals surface area contributed by atoms with Gasteiger partial charge in [-0.25, -0.2) is 0 Å². The largest absolute Gasteiger partial charge is 0.481 e. The zero-order chi connectivity index (χ0) is 26.0. The first-order chi connectivity index (χ1) is 17.0. The van der Waals surface area contributed by atoms with Crippen molar-refractivity contribution in [2.24, 2.45) is 11.5 Å². The molecule has 6 nitrogen and oxygen atoms in total. The quantitative estimate of drug-likeness (QED) is 0.129. The first-order valence-electron chi connectivity index (χ1n) is 13.9. The summed E-state index contributed by atoms with van der Waals surface area (Å²) in [5.41, 5.74) is 11.6. The Hall–Kier alpha value is -1.92. The van der Waals surface area contributed by atoms with Gasteiger partial charge in [0.2, 0.25) is 0 Å². The summed E-state index contributed by atoms with van der Waals surface area (Å²) in [5.74, 6) is -1.82. The number of esters is 1. The van der Waals surface area contributed by atoms with Crippen LogP contribution in [0.1, 0.15) is 122 Å². The standard InChI is InChI=1S/C18H39N.C11H13NO4/c1-2-3-4-5-6-7-8-9-10-11-12-13-14-15-16-17-18-19;12-9(6-10(13)14)11(15)16-7-8-4-2-1-3-5-8/h2-19H2,1H3;1-5,9H,6-7,12H2,(H,13,14)/t;9-/m.0/s1. The molecule has 1 rings (SSSR count). The monoisotopic (exact) mass is 492 g/mol. The molecule has 0 radical (unpaired) electrons. The van der Waals surface area contributed by atoms with Crippen LogP contribution in [0.2, 0.25) is 0 Å². The second kappa shape index (κ2) is 25.2. The second-order valence-electron chi connectivity index (χ2n) is 9.39. The number of benzene rings is 1. The summed E-state index contributed by atoms with van der Waals surface area (Å²) in [6.45, 7) is 3.27. The van der Waals surface area contributed by atoms with Gasteiger partial charge in [0, 0.05) is 0 Å². The minimum atomic E-state index is -1.12. The van der Waals surface area contributed by atoms with E-state index in [1.165, 1.54) is 103 Å². The van der Waals surface area contributed by atoms with E-state index < -0.39 is 24.4 Å². The first-order valence-corrected chi connectivity index (χ1v) is 13.9. The molecule has 0 unspecified atom stereocenters. The summed E-state index contributed by atoms with van der Waals surface area (Å²) >= 11 is 0. The van der Waals surface area contributed by atoms with Crippen LogP contribution in [0.4, 0.5) is 0 Å². The van der Waals surface area contributed by atoms with Crippen molar-refractivity contribution in [3.63, 3.8) is 0 Å². The highest BCUT2D eigenvalue weighted by Crippen LogP contribution is 2.13. The second-order valence-corrected chi connectivity index (χ2v) is 9.39. The number of hydrogen-bond donors (Lipinski definition) is 3. The van der Waals surface area contributed by atoms with E-state index in [9.17, 15) is 9.59 Å². The SMILES string of the molecule is CCCCCCCCCCCCCCCCCCN.N[C@@H](CC(=O)O)C(=O)OCc1ccccc1. The van der Waals surface area contributed by atoms with Crippen LogP contribution in [0.5, 0.6) is 0 Å². The summed E-state index contributed by atoms with van der Waals surface area (Å²) in [5, 5.41) is 8.43. The van der Waals surface area contributed by atoms with Crippen molar-refractivity contribution in [1.29, 1.82) is 0 Å². The highest BCUT2D eigenvalue weighted by molar-refractivity contribution is 5.81. The molecule has 0 heterocycles. The van der Waals surface area contributed by atoms with Gasteiger partial charge in [-0.1, -0.05) is 134 Å². The molecule has 35 heavy (non-hydrogen) atoms.